The fourth-order valence-corrected chi connectivity index (χ4v) is 3.58. The van der Waals surface area contributed by atoms with Crippen LogP contribution >= 0.6 is 9.24 Å². The highest BCUT2D eigenvalue weighted by atomic mass is 31.0. The van der Waals surface area contributed by atoms with Gasteiger partial charge in [-0.2, -0.15) is 0 Å². The molecule has 0 N–H and O–H groups in total. The lowest BCUT2D eigenvalue weighted by atomic mass is 9.74. The van der Waals surface area contributed by atoms with Crippen molar-refractivity contribution in [2.24, 2.45) is 11.3 Å². The first kappa shape index (κ1) is 15.9. The van der Waals surface area contributed by atoms with Crippen LogP contribution in [0.25, 0.3) is 0 Å². The minimum Gasteiger partial charge on any atom is -0.243 e. The second-order valence-electron chi connectivity index (χ2n) is 7.43. The predicted octanol–water partition coefficient (Wildman–Crippen LogP) is 4.25. The van der Waals surface area contributed by atoms with E-state index in [4.69, 9.17) is 0 Å². The molecule has 0 saturated heterocycles. The Morgan fingerprint density at radius 1 is 1.35 bits per heavy atom. The lowest BCUT2D eigenvalue weighted by Gasteiger charge is -2.35. The van der Waals surface area contributed by atoms with Gasteiger partial charge in [0.2, 0.25) is 0 Å². The Morgan fingerprint density at radius 3 is 2.55 bits per heavy atom. The van der Waals surface area contributed by atoms with E-state index in [0.29, 0.717) is 18.0 Å². The van der Waals surface area contributed by atoms with Gasteiger partial charge in [-0.3, -0.25) is 0 Å². The van der Waals surface area contributed by atoms with Gasteiger partial charge in [-0.1, -0.05) is 35.2 Å². The van der Waals surface area contributed by atoms with Crippen LogP contribution in [0.5, 0.6) is 0 Å². The summed E-state index contributed by atoms with van der Waals surface area (Å²) in [5.74, 6) is 0.524. The molecule has 0 aliphatic heterocycles. The molecule has 0 bridgehead atoms. The molecule has 0 aromatic carbocycles. The number of nitrogens with zero attached hydrogens (tertiary/aromatic N) is 3. The SMILES string of the molecule is CC(C)n1nnc2c1C(F)(P)CCC(C(C)(C)C)CC2. The zero-order valence-corrected chi connectivity index (χ0v) is 14.4. The molecule has 2 rings (SSSR count). The molecule has 1 aliphatic rings. The number of hydrogen-bond donors (Lipinski definition) is 0. The third kappa shape index (κ3) is 3.05. The van der Waals surface area contributed by atoms with Crippen LogP contribution in [0.2, 0.25) is 0 Å². The highest BCUT2D eigenvalue weighted by Crippen LogP contribution is 2.46. The summed E-state index contributed by atoms with van der Waals surface area (Å²) < 4.78 is 16.9. The van der Waals surface area contributed by atoms with Gasteiger partial charge in [0, 0.05) is 6.04 Å². The number of hydrogen-bond acceptors (Lipinski definition) is 2. The smallest absolute Gasteiger partial charge is 0.166 e. The number of alkyl halides is 1. The number of aromatic nitrogens is 3. The summed E-state index contributed by atoms with van der Waals surface area (Å²) in [5.41, 5.74) is 1.72. The number of halogens is 1. The highest BCUT2D eigenvalue weighted by molar-refractivity contribution is 7.18. The Bertz CT molecular complexity index is 474. The van der Waals surface area contributed by atoms with Crippen LogP contribution < -0.4 is 0 Å². The van der Waals surface area contributed by atoms with Gasteiger partial charge < -0.3 is 0 Å². The molecule has 1 aromatic heterocycles. The Balaban J connectivity index is 2.38. The zero-order valence-electron chi connectivity index (χ0n) is 13.3. The minimum atomic E-state index is -1.41. The van der Waals surface area contributed by atoms with Crippen molar-refractivity contribution in [3.05, 3.63) is 11.4 Å². The van der Waals surface area contributed by atoms with Crippen molar-refractivity contribution in [2.45, 2.75) is 71.8 Å². The Kier molecular flexibility index (Phi) is 4.26. The quantitative estimate of drug-likeness (QED) is 0.726. The third-order valence-electron chi connectivity index (χ3n) is 4.46. The monoisotopic (exact) mass is 299 g/mol. The van der Waals surface area contributed by atoms with Gasteiger partial charge in [0.1, 0.15) is 5.69 Å². The Labute approximate surface area is 123 Å². The molecule has 3 unspecified atom stereocenters. The molecule has 3 atom stereocenters. The average Bonchev–Trinajstić information content (AvgIpc) is 2.69. The van der Waals surface area contributed by atoms with E-state index in [1.54, 1.807) is 4.68 Å². The minimum absolute atomic E-state index is 0.139. The fourth-order valence-electron chi connectivity index (χ4n) is 3.11. The van der Waals surface area contributed by atoms with E-state index < -0.39 is 5.41 Å². The highest BCUT2D eigenvalue weighted by Gasteiger charge is 2.39. The van der Waals surface area contributed by atoms with Gasteiger partial charge in [0.15, 0.2) is 5.41 Å². The van der Waals surface area contributed by atoms with Gasteiger partial charge in [-0.05, 0) is 50.9 Å². The van der Waals surface area contributed by atoms with E-state index in [2.05, 4.69) is 40.3 Å². The number of rotatable bonds is 1. The maximum atomic E-state index is 15.2. The van der Waals surface area contributed by atoms with Gasteiger partial charge in [-0.15, -0.1) is 5.10 Å². The summed E-state index contributed by atoms with van der Waals surface area (Å²) in [4.78, 5) is 0. The molecule has 1 aliphatic carbocycles. The number of fused-ring (bicyclic) bond motifs is 1. The molecule has 1 aromatic rings. The van der Waals surface area contributed by atoms with Crippen LogP contribution in [0, 0.1) is 11.3 Å². The summed E-state index contributed by atoms with van der Waals surface area (Å²) in [5, 5.41) is 7.02. The van der Waals surface area contributed by atoms with E-state index in [1.807, 2.05) is 13.8 Å². The summed E-state index contributed by atoms with van der Waals surface area (Å²) in [6, 6.07) is 0.139. The van der Waals surface area contributed by atoms with Crippen LogP contribution in [-0.4, -0.2) is 15.0 Å². The maximum Gasteiger partial charge on any atom is 0.166 e. The molecule has 0 fully saturated rings. The van der Waals surface area contributed by atoms with Crippen LogP contribution in [0.15, 0.2) is 0 Å². The molecular weight excluding hydrogens is 272 g/mol. The van der Waals surface area contributed by atoms with Crippen molar-refractivity contribution in [2.75, 3.05) is 0 Å². The zero-order chi connectivity index (χ0) is 15.1. The van der Waals surface area contributed by atoms with Gasteiger partial charge in [-0.25, -0.2) is 9.07 Å². The first-order valence-corrected chi connectivity index (χ1v) is 8.13. The van der Waals surface area contributed by atoms with Crippen molar-refractivity contribution >= 4 is 9.24 Å². The second kappa shape index (κ2) is 5.36. The maximum absolute atomic E-state index is 15.2. The summed E-state index contributed by atoms with van der Waals surface area (Å²) in [7, 11) is 2.41. The number of aryl methyl sites for hydroxylation is 1. The Morgan fingerprint density at radius 2 is 2.00 bits per heavy atom. The molecule has 20 heavy (non-hydrogen) atoms. The largest absolute Gasteiger partial charge is 0.243 e. The van der Waals surface area contributed by atoms with Crippen molar-refractivity contribution in [1.29, 1.82) is 0 Å². The first-order valence-electron chi connectivity index (χ1n) is 7.55. The first-order chi connectivity index (χ1) is 9.13. The Hall–Kier alpha value is -0.500. The normalized spacial score (nSPS) is 28.1. The van der Waals surface area contributed by atoms with Gasteiger partial charge in [0.05, 0.1) is 5.69 Å². The fraction of sp³-hybridized carbons (Fsp3) is 0.867. The molecular formula is C15H27FN3P. The van der Waals surface area contributed by atoms with Crippen LogP contribution in [-0.2, 0) is 11.8 Å². The van der Waals surface area contributed by atoms with E-state index in [-0.39, 0.29) is 11.5 Å². The lowest BCUT2D eigenvalue weighted by Crippen LogP contribution is -2.28. The molecule has 0 spiro atoms. The molecule has 0 saturated carbocycles. The molecule has 5 heteroatoms. The van der Waals surface area contributed by atoms with Crippen molar-refractivity contribution < 1.29 is 4.39 Å². The van der Waals surface area contributed by atoms with Crippen LogP contribution in [0.4, 0.5) is 4.39 Å². The van der Waals surface area contributed by atoms with E-state index in [9.17, 15) is 0 Å². The second-order valence-corrected chi connectivity index (χ2v) is 8.34. The topological polar surface area (TPSA) is 30.7 Å². The summed E-state index contributed by atoms with van der Waals surface area (Å²) in [6.45, 7) is 10.8. The van der Waals surface area contributed by atoms with Crippen LogP contribution in [0.3, 0.4) is 0 Å². The van der Waals surface area contributed by atoms with E-state index in [0.717, 1.165) is 25.0 Å². The third-order valence-corrected chi connectivity index (χ3v) is 5.02. The molecule has 0 amide bonds. The average molecular weight is 299 g/mol. The summed E-state index contributed by atoms with van der Waals surface area (Å²) in [6.07, 6.45) is 3.32. The van der Waals surface area contributed by atoms with Crippen LogP contribution in [0.1, 0.15) is 71.3 Å². The molecule has 1 heterocycles. The standard InChI is InChI=1S/C15H27FN3P/c1-10(2)19-13-12(17-18-19)7-6-11(14(3,4)5)8-9-15(13,16)20/h10-11H,6-9,20H2,1-5H3. The predicted molar refractivity (Wildman–Crippen MR) is 83.4 cm³/mol. The molecule has 0 radical (unpaired) electrons. The molecule has 3 nitrogen and oxygen atoms in total. The summed E-state index contributed by atoms with van der Waals surface area (Å²) >= 11 is 0. The van der Waals surface area contributed by atoms with Gasteiger partial charge in [0.25, 0.3) is 0 Å². The molecule has 114 valence electrons. The van der Waals surface area contributed by atoms with Crippen molar-refractivity contribution in [3.8, 4) is 0 Å². The van der Waals surface area contributed by atoms with Crippen molar-refractivity contribution in [1.82, 2.24) is 15.0 Å². The van der Waals surface area contributed by atoms with Crippen molar-refractivity contribution in [3.63, 3.8) is 0 Å². The van der Waals surface area contributed by atoms with E-state index in [1.165, 1.54) is 0 Å². The lowest BCUT2D eigenvalue weighted by molar-refractivity contribution is 0.159. The van der Waals surface area contributed by atoms with E-state index >= 15 is 4.39 Å². The van der Waals surface area contributed by atoms with Gasteiger partial charge >= 0.3 is 0 Å².